The Hall–Kier alpha value is -3.77. The van der Waals surface area contributed by atoms with Gasteiger partial charge in [0.1, 0.15) is 11.5 Å². The molecule has 190 valence electrons. The first-order chi connectivity index (χ1) is 17.5. The number of morpholine rings is 1. The van der Waals surface area contributed by atoms with Gasteiger partial charge in [-0.25, -0.2) is 15.0 Å². The van der Waals surface area contributed by atoms with Gasteiger partial charge < -0.3 is 19.9 Å². The summed E-state index contributed by atoms with van der Waals surface area (Å²) in [4.78, 5) is 34.3. The third kappa shape index (κ3) is 4.95. The maximum Gasteiger partial charge on any atom is 0.261 e. The SMILES string of the molecule is COc1c(OC[C@H](C)CN2CCOCC2)ccc2c1N=C(NC(=O)c1cnc(N)nc1)N1CCN=C21. The number of nitrogens with two attached hydrogens (primary N) is 1. The highest BCUT2D eigenvalue weighted by Gasteiger charge is 2.33. The molecule has 12 heteroatoms. The molecule has 0 saturated carbocycles. The van der Waals surface area contributed by atoms with Crippen molar-refractivity contribution in [2.75, 3.05) is 65.4 Å². The highest BCUT2D eigenvalue weighted by atomic mass is 16.5. The van der Waals surface area contributed by atoms with Gasteiger partial charge in [-0.3, -0.25) is 24.9 Å². The monoisotopic (exact) mass is 494 g/mol. The molecule has 0 radical (unpaired) electrons. The Kier molecular flexibility index (Phi) is 6.96. The van der Waals surface area contributed by atoms with Crippen molar-refractivity contribution in [2.45, 2.75) is 6.92 Å². The van der Waals surface area contributed by atoms with Crippen molar-refractivity contribution in [1.29, 1.82) is 0 Å². The molecule has 5 rings (SSSR count). The lowest BCUT2D eigenvalue weighted by Crippen LogP contribution is -2.47. The number of carbonyl (C=O) groups excluding carboxylic acids is 1. The van der Waals surface area contributed by atoms with Gasteiger partial charge in [-0.15, -0.1) is 0 Å². The lowest BCUT2D eigenvalue weighted by atomic mass is 10.1. The van der Waals surface area contributed by atoms with Crippen LogP contribution < -0.4 is 20.5 Å². The van der Waals surface area contributed by atoms with Crippen molar-refractivity contribution in [1.82, 2.24) is 25.1 Å². The molecule has 12 nitrogen and oxygen atoms in total. The number of aromatic nitrogens is 2. The number of nitrogens with zero attached hydrogens (tertiary/aromatic N) is 6. The molecule has 3 N–H and O–H groups in total. The average Bonchev–Trinajstić information content (AvgIpc) is 3.39. The van der Waals surface area contributed by atoms with E-state index in [9.17, 15) is 4.79 Å². The lowest BCUT2D eigenvalue weighted by molar-refractivity contribution is 0.0283. The van der Waals surface area contributed by atoms with Gasteiger partial charge in [0.05, 0.1) is 39.0 Å². The van der Waals surface area contributed by atoms with E-state index in [-0.39, 0.29) is 11.5 Å². The van der Waals surface area contributed by atoms with Crippen molar-refractivity contribution >= 4 is 29.3 Å². The number of amides is 1. The number of hydrogen-bond donors (Lipinski definition) is 2. The van der Waals surface area contributed by atoms with Crippen LogP contribution in [0.2, 0.25) is 0 Å². The molecule has 36 heavy (non-hydrogen) atoms. The van der Waals surface area contributed by atoms with Gasteiger partial charge >= 0.3 is 0 Å². The summed E-state index contributed by atoms with van der Waals surface area (Å²) in [6.07, 6.45) is 2.75. The number of hydrogen-bond acceptors (Lipinski definition) is 11. The van der Waals surface area contributed by atoms with Crippen molar-refractivity contribution in [2.24, 2.45) is 15.9 Å². The molecule has 0 spiro atoms. The minimum Gasteiger partial charge on any atom is -0.491 e. The predicted octanol–water partition coefficient (Wildman–Crippen LogP) is 0.908. The van der Waals surface area contributed by atoms with Crippen LogP contribution in [0.3, 0.4) is 0 Å². The number of methoxy groups -OCH3 is 1. The number of benzene rings is 1. The molecule has 0 bridgehead atoms. The quantitative estimate of drug-likeness (QED) is 0.575. The molecule has 1 aromatic carbocycles. The summed E-state index contributed by atoms with van der Waals surface area (Å²) < 4.78 is 17.4. The standard InChI is InChI=1S/C24H30N8O4/c1-15(13-31-7-9-35-10-8-31)14-36-18-4-3-17-19(20(18)34-2)29-24(32-6-5-26-21(17)32)30-22(33)16-11-27-23(25)28-12-16/h3-4,11-12,15H,5-10,13-14H2,1-2H3,(H2,25,27,28)(H,29,30,33)/t15-/m1/s1. The minimum atomic E-state index is -0.397. The molecule has 3 aliphatic heterocycles. The van der Waals surface area contributed by atoms with Crippen molar-refractivity contribution in [3.05, 3.63) is 35.7 Å². The van der Waals surface area contributed by atoms with Gasteiger partial charge in [0.15, 0.2) is 11.5 Å². The lowest BCUT2D eigenvalue weighted by Gasteiger charge is -2.30. The van der Waals surface area contributed by atoms with E-state index in [0.29, 0.717) is 48.8 Å². The van der Waals surface area contributed by atoms with Crippen LogP contribution in [-0.2, 0) is 4.74 Å². The molecular weight excluding hydrogens is 464 g/mol. The Bertz CT molecular complexity index is 1180. The molecule has 2 aromatic rings. The van der Waals surface area contributed by atoms with E-state index in [4.69, 9.17) is 24.9 Å². The van der Waals surface area contributed by atoms with Crippen LogP contribution in [-0.4, -0.2) is 97.1 Å². The molecule has 1 atom stereocenters. The van der Waals surface area contributed by atoms with Crippen LogP contribution in [0.25, 0.3) is 0 Å². The van der Waals surface area contributed by atoms with Crippen LogP contribution in [0, 0.1) is 5.92 Å². The third-order valence-electron chi connectivity index (χ3n) is 6.21. The summed E-state index contributed by atoms with van der Waals surface area (Å²) in [5, 5.41) is 2.86. The zero-order valence-corrected chi connectivity index (χ0v) is 20.4. The largest absolute Gasteiger partial charge is 0.491 e. The fraction of sp³-hybridized carbons (Fsp3) is 0.458. The topological polar surface area (TPSA) is 140 Å². The predicted molar refractivity (Wildman–Crippen MR) is 134 cm³/mol. The molecule has 1 fully saturated rings. The van der Waals surface area contributed by atoms with Gasteiger partial charge in [-0.05, 0) is 12.1 Å². The smallest absolute Gasteiger partial charge is 0.261 e. The maximum atomic E-state index is 12.8. The molecule has 1 amide bonds. The van der Waals surface area contributed by atoms with Crippen LogP contribution >= 0.6 is 0 Å². The molecule has 4 heterocycles. The Morgan fingerprint density at radius 1 is 1.22 bits per heavy atom. The van der Waals surface area contributed by atoms with Crippen molar-refractivity contribution < 1.29 is 19.0 Å². The van der Waals surface area contributed by atoms with Crippen molar-refractivity contribution in [3.8, 4) is 11.5 Å². The number of anilines is 1. The van der Waals surface area contributed by atoms with Gasteiger partial charge in [-0.2, -0.15) is 0 Å². The van der Waals surface area contributed by atoms with Gasteiger partial charge in [0.2, 0.25) is 11.9 Å². The van der Waals surface area contributed by atoms with Crippen molar-refractivity contribution in [3.63, 3.8) is 0 Å². The number of rotatable bonds is 7. The molecule has 1 aromatic heterocycles. The summed E-state index contributed by atoms with van der Waals surface area (Å²) in [7, 11) is 1.59. The minimum absolute atomic E-state index is 0.0981. The molecule has 3 aliphatic rings. The van der Waals surface area contributed by atoms with E-state index in [2.05, 4.69) is 32.1 Å². The second kappa shape index (κ2) is 10.5. The fourth-order valence-corrected chi connectivity index (χ4v) is 4.44. The molecule has 1 saturated heterocycles. The Morgan fingerprint density at radius 2 is 2.00 bits per heavy atom. The molecule has 0 aliphatic carbocycles. The second-order valence-electron chi connectivity index (χ2n) is 8.90. The number of carbonyl (C=O) groups is 1. The summed E-state index contributed by atoms with van der Waals surface area (Å²) in [5.74, 6) is 2.21. The molecule has 0 unspecified atom stereocenters. The van der Waals surface area contributed by atoms with E-state index in [0.717, 1.165) is 44.2 Å². The molecular formula is C24H30N8O4. The van der Waals surface area contributed by atoms with E-state index in [1.807, 2.05) is 17.0 Å². The number of guanidine groups is 1. The first kappa shape index (κ1) is 23.9. The number of amidine groups is 1. The zero-order chi connectivity index (χ0) is 25.1. The number of ether oxygens (including phenoxy) is 3. The van der Waals surface area contributed by atoms with Crippen LogP contribution in [0.15, 0.2) is 34.5 Å². The van der Waals surface area contributed by atoms with Crippen LogP contribution in [0.5, 0.6) is 11.5 Å². The summed E-state index contributed by atoms with van der Waals surface area (Å²) in [6, 6.07) is 3.83. The first-order valence-electron chi connectivity index (χ1n) is 12.0. The normalized spacial score (nSPS) is 18.0. The number of aliphatic imine (C=N–C) groups is 2. The van der Waals surface area contributed by atoms with Crippen LogP contribution in [0.4, 0.5) is 11.6 Å². The highest BCUT2D eigenvalue weighted by molar-refractivity contribution is 6.20. The third-order valence-corrected chi connectivity index (χ3v) is 6.21. The summed E-state index contributed by atoms with van der Waals surface area (Å²) in [5.41, 5.74) is 7.20. The number of nitrogen functional groups attached to an aromatic ring is 1. The zero-order valence-electron chi connectivity index (χ0n) is 20.4. The van der Waals surface area contributed by atoms with E-state index in [1.165, 1.54) is 12.4 Å². The fourth-order valence-electron chi connectivity index (χ4n) is 4.44. The Morgan fingerprint density at radius 3 is 2.75 bits per heavy atom. The number of nitrogens with one attached hydrogen (secondary N) is 1. The average molecular weight is 495 g/mol. The van der Waals surface area contributed by atoms with Gasteiger partial charge in [0.25, 0.3) is 5.91 Å². The first-order valence-corrected chi connectivity index (χ1v) is 12.0. The van der Waals surface area contributed by atoms with Crippen LogP contribution in [0.1, 0.15) is 22.8 Å². The number of fused-ring (bicyclic) bond motifs is 3. The van der Waals surface area contributed by atoms with E-state index >= 15 is 0 Å². The highest BCUT2D eigenvalue weighted by Crippen LogP contribution is 2.43. The second-order valence-corrected chi connectivity index (χ2v) is 8.90. The Balaban J connectivity index is 1.37. The van der Waals surface area contributed by atoms with Gasteiger partial charge in [-0.1, -0.05) is 6.92 Å². The summed E-state index contributed by atoms with van der Waals surface area (Å²) in [6.45, 7) is 8.26. The van der Waals surface area contributed by atoms with E-state index in [1.54, 1.807) is 7.11 Å². The van der Waals surface area contributed by atoms with Gasteiger partial charge in [0, 0.05) is 50.1 Å². The summed E-state index contributed by atoms with van der Waals surface area (Å²) >= 11 is 0. The van der Waals surface area contributed by atoms with E-state index < -0.39 is 5.91 Å². The Labute approximate surface area is 209 Å². The maximum absolute atomic E-state index is 12.8.